The van der Waals surface area contributed by atoms with Crippen LogP contribution in [-0.4, -0.2) is 44.0 Å². The van der Waals surface area contributed by atoms with E-state index in [2.05, 4.69) is 5.32 Å². The molecule has 0 aromatic rings. The molecule has 12 heavy (non-hydrogen) atoms. The van der Waals surface area contributed by atoms with Crippen molar-refractivity contribution < 1.29 is 4.79 Å². The van der Waals surface area contributed by atoms with Gasteiger partial charge in [-0.15, -0.1) is 0 Å². The molecule has 4 nitrogen and oxygen atoms in total. The minimum absolute atomic E-state index is 0.104. The second-order valence-electron chi connectivity index (χ2n) is 3.05. The van der Waals surface area contributed by atoms with Gasteiger partial charge in [-0.1, -0.05) is 0 Å². The van der Waals surface area contributed by atoms with Crippen LogP contribution < -0.4 is 11.1 Å². The largest absolute Gasteiger partial charge is 0.347 e. The molecule has 1 amide bonds. The number of amides is 1. The molecule has 0 rings (SSSR count). The lowest BCUT2D eigenvalue weighted by molar-refractivity contribution is -0.130. The Kier molecular flexibility index (Phi) is 5.66. The van der Waals surface area contributed by atoms with Crippen LogP contribution in [0.3, 0.4) is 0 Å². The van der Waals surface area contributed by atoms with Crippen LogP contribution in [0.4, 0.5) is 0 Å². The number of hydrogen-bond acceptors (Lipinski definition) is 3. The third kappa shape index (κ3) is 4.31. The van der Waals surface area contributed by atoms with Crippen LogP contribution in [0.2, 0.25) is 0 Å². The zero-order valence-corrected chi connectivity index (χ0v) is 8.13. The number of nitrogens with two attached hydrogens (primary N) is 1. The molecule has 0 radical (unpaired) electrons. The van der Waals surface area contributed by atoms with Crippen molar-refractivity contribution in [3.63, 3.8) is 0 Å². The Morgan fingerprint density at radius 2 is 2.17 bits per heavy atom. The van der Waals surface area contributed by atoms with Crippen LogP contribution in [0.1, 0.15) is 13.3 Å². The molecule has 4 heteroatoms. The lowest BCUT2D eigenvalue weighted by Gasteiger charge is -2.17. The Bertz CT molecular complexity index is 136. The Hall–Kier alpha value is -0.610. The summed E-state index contributed by atoms with van der Waals surface area (Å²) in [6.45, 7) is 3.33. The Balaban J connectivity index is 3.57. The molecule has 1 unspecified atom stereocenters. The first-order valence-corrected chi connectivity index (χ1v) is 4.24. The Labute approximate surface area is 74.1 Å². The summed E-state index contributed by atoms with van der Waals surface area (Å²) in [5.41, 5.74) is 5.32. The van der Waals surface area contributed by atoms with Gasteiger partial charge in [0.15, 0.2) is 0 Å². The molecular weight excluding hydrogens is 154 g/mol. The van der Waals surface area contributed by atoms with E-state index in [-0.39, 0.29) is 11.9 Å². The maximum absolute atomic E-state index is 11.3. The van der Waals surface area contributed by atoms with Gasteiger partial charge in [0, 0.05) is 14.1 Å². The fourth-order valence-corrected chi connectivity index (χ4v) is 0.895. The molecule has 0 saturated heterocycles. The topological polar surface area (TPSA) is 58.4 Å². The van der Waals surface area contributed by atoms with Crippen LogP contribution in [0, 0.1) is 0 Å². The number of carbonyl (C=O) groups is 1. The van der Waals surface area contributed by atoms with Crippen molar-refractivity contribution in [2.75, 3.05) is 27.2 Å². The monoisotopic (exact) mass is 173 g/mol. The minimum atomic E-state index is -0.105. The van der Waals surface area contributed by atoms with Gasteiger partial charge >= 0.3 is 0 Å². The van der Waals surface area contributed by atoms with Crippen molar-refractivity contribution in [3.05, 3.63) is 0 Å². The van der Waals surface area contributed by atoms with Gasteiger partial charge in [0.05, 0.1) is 6.04 Å². The molecule has 0 aliphatic carbocycles. The SMILES string of the molecule is CC(NCCCN)C(=O)N(C)C. The number of carbonyl (C=O) groups excluding carboxylic acids is 1. The second kappa shape index (κ2) is 5.97. The second-order valence-corrected chi connectivity index (χ2v) is 3.05. The third-order valence-corrected chi connectivity index (χ3v) is 1.64. The summed E-state index contributed by atoms with van der Waals surface area (Å²) in [5, 5.41) is 3.09. The number of hydrogen-bond donors (Lipinski definition) is 2. The van der Waals surface area contributed by atoms with Gasteiger partial charge in [-0.05, 0) is 26.4 Å². The lowest BCUT2D eigenvalue weighted by atomic mass is 10.3. The predicted molar refractivity (Wildman–Crippen MR) is 49.8 cm³/mol. The average molecular weight is 173 g/mol. The number of likely N-dealkylation sites (N-methyl/N-ethyl adjacent to an activating group) is 1. The summed E-state index contributed by atoms with van der Waals surface area (Å²) in [7, 11) is 3.51. The molecule has 0 fully saturated rings. The van der Waals surface area contributed by atoms with Crippen molar-refractivity contribution in [3.8, 4) is 0 Å². The lowest BCUT2D eigenvalue weighted by Crippen LogP contribution is -2.42. The number of nitrogens with zero attached hydrogens (tertiary/aromatic N) is 1. The zero-order chi connectivity index (χ0) is 9.56. The first kappa shape index (κ1) is 11.4. The van der Waals surface area contributed by atoms with E-state index >= 15 is 0 Å². The maximum atomic E-state index is 11.3. The number of rotatable bonds is 5. The zero-order valence-electron chi connectivity index (χ0n) is 8.13. The van der Waals surface area contributed by atoms with Gasteiger partial charge in [0.1, 0.15) is 0 Å². The molecule has 0 spiro atoms. The fourth-order valence-electron chi connectivity index (χ4n) is 0.895. The van der Waals surface area contributed by atoms with E-state index in [1.807, 2.05) is 6.92 Å². The molecule has 0 aromatic carbocycles. The maximum Gasteiger partial charge on any atom is 0.238 e. The van der Waals surface area contributed by atoms with Crippen molar-refractivity contribution in [1.82, 2.24) is 10.2 Å². The van der Waals surface area contributed by atoms with E-state index in [0.29, 0.717) is 6.54 Å². The summed E-state index contributed by atoms with van der Waals surface area (Å²) >= 11 is 0. The summed E-state index contributed by atoms with van der Waals surface area (Å²) in [4.78, 5) is 12.9. The van der Waals surface area contributed by atoms with Gasteiger partial charge in [-0.25, -0.2) is 0 Å². The molecule has 72 valence electrons. The van der Waals surface area contributed by atoms with Crippen LogP contribution in [0.5, 0.6) is 0 Å². The molecule has 0 aromatic heterocycles. The van der Waals surface area contributed by atoms with Gasteiger partial charge in [0.25, 0.3) is 0 Å². The molecule has 0 bridgehead atoms. The van der Waals surface area contributed by atoms with E-state index < -0.39 is 0 Å². The van der Waals surface area contributed by atoms with Crippen LogP contribution in [-0.2, 0) is 4.79 Å². The molecule has 0 aliphatic heterocycles. The van der Waals surface area contributed by atoms with Gasteiger partial charge in [-0.2, -0.15) is 0 Å². The summed E-state index contributed by atoms with van der Waals surface area (Å²) in [6, 6.07) is -0.105. The third-order valence-electron chi connectivity index (χ3n) is 1.64. The molecule has 0 heterocycles. The summed E-state index contributed by atoms with van der Waals surface area (Å²) < 4.78 is 0. The number of nitrogens with one attached hydrogen (secondary N) is 1. The highest BCUT2D eigenvalue weighted by Crippen LogP contribution is 1.88. The highest BCUT2D eigenvalue weighted by molar-refractivity contribution is 5.80. The standard InChI is InChI=1S/C8H19N3O/c1-7(8(12)11(2)3)10-6-4-5-9/h7,10H,4-6,9H2,1-3H3. The normalized spacial score (nSPS) is 12.7. The molecule has 0 aliphatic rings. The Morgan fingerprint density at radius 3 is 2.58 bits per heavy atom. The van der Waals surface area contributed by atoms with E-state index in [1.165, 1.54) is 0 Å². The highest BCUT2D eigenvalue weighted by Gasteiger charge is 2.12. The predicted octanol–water partition coefficient (Wildman–Crippen LogP) is -0.598. The molecule has 1 atom stereocenters. The smallest absolute Gasteiger partial charge is 0.238 e. The van der Waals surface area contributed by atoms with E-state index in [4.69, 9.17) is 5.73 Å². The van der Waals surface area contributed by atoms with Crippen molar-refractivity contribution in [2.45, 2.75) is 19.4 Å². The van der Waals surface area contributed by atoms with E-state index in [1.54, 1.807) is 19.0 Å². The first-order valence-electron chi connectivity index (χ1n) is 4.24. The van der Waals surface area contributed by atoms with E-state index in [9.17, 15) is 4.79 Å². The van der Waals surface area contributed by atoms with Gasteiger partial charge in [0.2, 0.25) is 5.91 Å². The van der Waals surface area contributed by atoms with Crippen LogP contribution >= 0.6 is 0 Å². The molecule has 3 N–H and O–H groups in total. The van der Waals surface area contributed by atoms with E-state index in [0.717, 1.165) is 13.0 Å². The first-order chi connectivity index (χ1) is 5.59. The van der Waals surface area contributed by atoms with Crippen molar-refractivity contribution >= 4 is 5.91 Å². The minimum Gasteiger partial charge on any atom is -0.347 e. The molecule has 0 saturated carbocycles. The van der Waals surface area contributed by atoms with Crippen molar-refractivity contribution in [2.24, 2.45) is 5.73 Å². The highest BCUT2D eigenvalue weighted by atomic mass is 16.2. The van der Waals surface area contributed by atoms with Crippen LogP contribution in [0.15, 0.2) is 0 Å². The summed E-state index contributed by atoms with van der Waals surface area (Å²) in [5.74, 6) is 0.104. The Morgan fingerprint density at radius 1 is 1.58 bits per heavy atom. The quantitative estimate of drug-likeness (QED) is 0.546. The van der Waals surface area contributed by atoms with Crippen LogP contribution in [0.25, 0.3) is 0 Å². The van der Waals surface area contributed by atoms with Gasteiger partial charge in [-0.3, -0.25) is 4.79 Å². The van der Waals surface area contributed by atoms with Gasteiger partial charge < -0.3 is 16.0 Å². The summed E-state index contributed by atoms with van der Waals surface area (Å²) in [6.07, 6.45) is 0.908. The molecular formula is C8H19N3O. The fraction of sp³-hybridized carbons (Fsp3) is 0.875. The van der Waals surface area contributed by atoms with Crippen molar-refractivity contribution in [1.29, 1.82) is 0 Å². The average Bonchev–Trinajstić information content (AvgIpc) is 2.03.